The molecule has 6 heteroatoms. The van der Waals surface area contributed by atoms with Crippen LogP contribution in [0, 0.1) is 0 Å². The number of benzene rings is 3. The minimum absolute atomic E-state index is 0.0128. The standard InChI is InChI=1S/C26H28N2O3S/c1-26(2,3)22-10-13-24(14-11-22)32(30,31)27-23-12-9-19-15-16-28(18-21(19)17-23)25(29)20-7-5-4-6-8-20/h4-14,17,27H,15-16,18H2,1-3H3. The SMILES string of the molecule is CC(C)(C)c1ccc(S(=O)(=O)Nc2ccc3c(c2)CN(C(=O)c2ccccc2)CC3)cc1. The van der Waals surface area contributed by atoms with Gasteiger partial charge in [0.05, 0.1) is 4.90 Å². The largest absolute Gasteiger partial charge is 0.334 e. The Morgan fingerprint density at radius 1 is 0.906 bits per heavy atom. The van der Waals surface area contributed by atoms with Gasteiger partial charge in [-0.3, -0.25) is 9.52 Å². The molecule has 1 aliphatic heterocycles. The van der Waals surface area contributed by atoms with E-state index in [0.29, 0.717) is 24.3 Å². The number of nitrogens with one attached hydrogen (secondary N) is 1. The van der Waals surface area contributed by atoms with Crippen molar-refractivity contribution in [2.45, 2.75) is 44.0 Å². The predicted molar refractivity (Wildman–Crippen MR) is 127 cm³/mol. The normalized spacial score (nSPS) is 14.0. The van der Waals surface area contributed by atoms with Gasteiger partial charge in [0.15, 0.2) is 0 Å². The molecular formula is C26H28N2O3S. The number of sulfonamides is 1. The molecule has 1 heterocycles. The van der Waals surface area contributed by atoms with E-state index in [9.17, 15) is 13.2 Å². The van der Waals surface area contributed by atoms with E-state index < -0.39 is 10.0 Å². The van der Waals surface area contributed by atoms with Gasteiger partial charge in [0, 0.05) is 24.3 Å². The van der Waals surface area contributed by atoms with Gasteiger partial charge in [-0.1, -0.05) is 57.2 Å². The van der Waals surface area contributed by atoms with E-state index in [0.717, 1.165) is 23.1 Å². The number of anilines is 1. The van der Waals surface area contributed by atoms with Crippen LogP contribution in [-0.4, -0.2) is 25.8 Å². The fourth-order valence-electron chi connectivity index (χ4n) is 3.91. The molecule has 1 N–H and O–H groups in total. The fraction of sp³-hybridized carbons (Fsp3) is 0.269. The molecule has 3 aromatic rings. The second-order valence-corrected chi connectivity index (χ2v) is 10.9. The molecule has 0 unspecified atom stereocenters. The molecule has 0 aliphatic carbocycles. The summed E-state index contributed by atoms with van der Waals surface area (Å²) in [5.74, 6) is -0.0128. The Morgan fingerprint density at radius 2 is 1.59 bits per heavy atom. The maximum Gasteiger partial charge on any atom is 0.261 e. The molecule has 32 heavy (non-hydrogen) atoms. The highest BCUT2D eigenvalue weighted by atomic mass is 32.2. The summed E-state index contributed by atoms with van der Waals surface area (Å²) in [6, 6.07) is 21.8. The van der Waals surface area contributed by atoms with Crippen LogP contribution in [0.5, 0.6) is 0 Å². The van der Waals surface area contributed by atoms with Crippen LogP contribution >= 0.6 is 0 Å². The van der Waals surface area contributed by atoms with Gasteiger partial charge in [0.1, 0.15) is 0 Å². The lowest BCUT2D eigenvalue weighted by Crippen LogP contribution is -2.36. The van der Waals surface area contributed by atoms with Crippen LogP contribution in [0.1, 0.15) is 47.8 Å². The zero-order chi connectivity index (χ0) is 22.9. The minimum atomic E-state index is -3.71. The number of rotatable bonds is 4. The Balaban J connectivity index is 1.52. The first kappa shape index (κ1) is 22.1. The monoisotopic (exact) mass is 448 g/mol. The van der Waals surface area contributed by atoms with E-state index in [4.69, 9.17) is 0 Å². The van der Waals surface area contributed by atoms with Crippen LogP contribution in [0.3, 0.4) is 0 Å². The van der Waals surface area contributed by atoms with Crippen LogP contribution in [-0.2, 0) is 28.4 Å². The Hall–Kier alpha value is -3.12. The van der Waals surface area contributed by atoms with Crippen molar-refractivity contribution in [3.8, 4) is 0 Å². The smallest absolute Gasteiger partial charge is 0.261 e. The van der Waals surface area contributed by atoms with Gasteiger partial charge in [0.2, 0.25) is 0 Å². The second-order valence-electron chi connectivity index (χ2n) is 9.21. The molecule has 166 valence electrons. The minimum Gasteiger partial charge on any atom is -0.334 e. The first-order chi connectivity index (χ1) is 15.1. The van der Waals surface area contributed by atoms with E-state index in [1.54, 1.807) is 23.1 Å². The molecule has 0 saturated heterocycles. The number of carbonyl (C=O) groups is 1. The van der Waals surface area contributed by atoms with E-state index in [1.165, 1.54) is 0 Å². The van der Waals surface area contributed by atoms with Crippen LogP contribution in [0.25, 0.3) is 0 Å². The van der Waals surface area contributed by atoms with Crippen molar-refractivity contribution in [2.24, 2.45) is 0 Å². The molecule has 0 atom stereocenters. The molecule has 0 aromatic heterocycles. The lowest BCUT2D eigenvalue weighted by atomic mass is 9.87. The van der Waals surface area contributed by atoms with Crippen LogP contribution in [0.4, 0.5) is 5.69 Å². The van der Waals surface area contributed by atoms with Crippen LogP contribution in [0.15, 0.2) is 77.7 Å². The van der Waals surface area contributed by atoms with Gasteiger partial charge in [-0.25, -0.2) is 8.42 Å². The van der Waals surface area contributed by atoms with E-state index >= 15 is 0 Å². The molecule has 1 aliphatic rings. The number of carbonyl (C=O) groups excluding carboxylic acids is 1. The molecule has 0 bridgehead atoms. The van der Waals surface area contributed by atoms with E-state index in [-0.39, 0.29) is 16.2 Å². The Labute approximate surface area is 190 Å². The molecule has 0 spiro atoms. The van der Waals surface area contributed by atoms with Crippen LogP contribution in [0.2, 0.25) is 0 Å². The molecule has 1 amide bonds. The van der Waals surface area contributed by atoms with Gasteiger partial charge in [-0.15, -0.1) is 0 Å². The lowest BCUT2D eigenvalue weighted by molar-refractivity contribution is 0.0734. The molecule has 4 rings (SSSR count). The summed E-state index contributed by atoms with van der Waals surface area (Å²) in [4.78, 5) is 14.9. The molecule has 0 fully saturated rings. The summed E-state index contributed by atoms with van der Waals surface area (Å²) in [6.45, 7) is 7.37. The quantitative estimate of drug-likeness (QED) is 0.612. The van der Waals surface area contributed by atoms with Crippen molar-refractivity contribution in [2.75, 3.05) is 11.3 Å². The second kappa shape index (κ2) is 8.43. The van der Waals surface area contributed by atoms with Gasteiger partial charge in [-0.05, 0) is 64.9 Å². The van der Waals surface area contributed by atoms with Gasteiger partial charge < -0.3 is 4.90 Å². The fourth-order valence-corrected chi connectivity index (χ4v) is 4.95. The highest BCUT2D eigenvalue weighted by Gasteiger charge is 2.23. The Bertz CT molecular complexity index is 1230. The van der Waals surface area contributed by atoms with E-state index in [1.807, 2.05) is 54.6 Å². The van der Waals surface area contributed by atoms with Crippen molar-refractivity contribution in [3.05, 3.63) is 95.1 Å². The maximum atomic E-state index is 12.9. The third-order valence-corrected chi connectivity index (χ3v) is 7.21. The number of hydrogen-bond acceptors (Lipinski definition) is 3. The third-order valence-electron chi connectivity index (χ3n) is 5.81. The highest BCUT2D eigenvalue weighted by molar-refractivity contribution is 7.92. The summed E-state index contributed by atoms with van der Waals surface area (Å²) in [5.41, 5.74) is 4.29. The van der Waals surface area contributed by atoms with Gasteiger partial charge >= 0.3 is 0 Å². The predicted octanol–water partition coefficient (Wildman–Crippen LogP) is 4.98. The topological polar surface area (TPSA) is 66.5 Å². The summed E-state index contributed by atoms with van der Waals surface area (Å²) < 4.78 is 28.5. The first-order valence-electron chi connectivity index (χ1n) is 10.7. The Kier molecular flexibility index (Phi) is 5.82. The molecule has 0 saturated carbocycles. The number of hydrogen-bond donors (Lipinski definition) is 1. The summed E-state index contributed by atoms with van der Waals surface area (Å²) in [5, 5.41) is 0. The molecule has 3 aromatic carbocycles. The molecule has 5 nitrogen and oxygen atoms in total. The summed E-state index contributed by atoms with van der Waals surface area (Å²) >= 11 is 0. The first-order valence-corrected chi connectivity index (χ1v) is 12.2. The molecule has 0 radical (unpaired) electrons. The highest BCUT2D eigenvalue weighted by Crippen LogP contribution is 2.27. The number of amides is 1. The average molecular weight is 449 g/mol. The van der Waals surface area contributed by atoms with E-state index in [2.05, 4.69) is 25.5 Å². The number of nitrogens with zero attached hydrogens (tertiary/aromatic N) is 1. The zero-order valence-electron chi connectivity index (χ0n) is 18.6. The molecular weight excluding hydrogens is 420 g/mol. The van der Waals surface area contributed by atoms with Crippen molar-refractivity contribution in [1.82, 2.24) is 4.90 Å². The van der Waals surface area contributed by atoms with Crippen molar-refractivity contribution < 1.29 is 13.2 Å². The Morgan fingerprint density at radius 3 is 2.25 bits per heavy atom. The summed E-state index contributed by atoms with van der Waals surface area (Å²) in [7, 11) is -3.71. The average Bonchev–Trinajstić information content (AvgIpc) is 2.78. The van der Waals surface area contributed by atoms with Crippen LogP contribution < -0.4 is 4.72 Å². The maximum absolute atomic E-state index is 12.9. The summed E-state index contributed by atoms with van der Waals surface area (Å²) in [6.07, 6.45) is 0.745. The van der Waals surface area contributed by atoms with Gasteiger partial charge in [0.25, 0.3) is 15.9 Å². The van der Waals surface area contributed by atoms with Crippen molar-refractivity contribution in [3.63, 3.8) is 0 Å². The zero-order valence-corrected chi connectivity index (χ0v) is 19.4. The van der Waals surface area contributed by atoms with Gasteiger partial charge in [-0.2, -0.15) is 0 Å². The number of fused-ring (bicyclic) bond motifs is 1. The lowest BCUT2D eigenvalue weighted by Gasteiger charge is -2.29. The van der Waals surface area contributed by atoms with Crippen molar-refractivity contribution in [1.29, 1.82) is 0 Å². The third kappa shape index (κ3) is 4.70. The van der Waals surface area contributed by atoms with Crippen molar-refractivity contribution >= 4 is 21.6 Å².